The van der Waals surface area contributed by atoms with Gasteiger partial charge in [0, 0.05) is 18.5 Å². The van der Waals surface area contributed by atoms with Crippen molar-refractivity contribution in [3.8, 4) is 11.5 Å². The standard InChI is InChI=1S/C25H27NO7/c1-32-18-13-12-17(15-19(18)33-2)23(29)21-22(16-9-5-3-6-10-16)26(25(31)24(21)30)14-8-4-7-11-20(27)28/h3,5-6,9-10,12-13,15,22,29H,4,7-8,11,14H2,1-2H3,(H,27,28)/t22-/m1/s1. The Bertz CT molecular complexity index is 1060. The SMILES string of the molecule is COc1ccc(C(O)=C2C(=O)C(=O)N(CCCCCC(=O)O)[C@@H]2c2ccccc2)cc1OC. The van der Waals surface area contributed by atoms with Crippen molar-refractivity contribution in [2.24, 2.45) is 0 Å². The Kier molecular flexibility index (Phi) is 7.71. The number of aliphatic hydroxyl groups excluding tert-OH is 1. The van der Waals surface area contributed by atoms with Gasteiger partial charge in [-0.05, 0) is 36.6 Å². The number of carbonyl (C=O) groups excluding carboxylic acids is 2. The molecule has 33 heavy (non-hydrogen) atoms. The minimum Gasteiger partial charge on any atom is -0.507 e. The molecule has 174 valence electrons. The number of aliphatic carboxylic acids is 1. The van der Waals surface area contributed by atoms with Gasteiger partial charge in [0.2, 0.25) is 0 Å². The quantitative estimate of drug-likeness (QED) is 0.244. The van der Waals surface area contributed by atoms with Gasteiger partial charge in [-0.1, -0.05) is 36.8 Å². The molecule has 0 bridgehead atoms. The summed E-state index contributed by atoms with van der Waals surface area (Å²) in [5.74, 6) is -1.77. The summed E-state index contributed by atoms with van der Waals surface area (Å²) >= 11 is 0. The maximum absolute atomic E-state index is 13.0. The number of carboxylic acid groups (broad SMARTS) is 1. The van der Waals surface area contributed by atoms with Crippen LogP contribution in [0.3, 0.4) is 0 Å². The molecule has 0 aliphatic carbocycles. The lowest BCUT2D eigenvalue weighted by Gasteiger charge is -2.25. The van der Waals surface area contributed by atoms with Gasteiger partial charge in [-0.2, -0.15) is 0 Å². The van der Waals surface area contributed by atoms with Crippen LogP contribution in [-0.4, -0.2) is 53.5 Å². The number of hydrogen-bond donors (Lipinski definition) is 2. The number of carbonyl (C=O) groups is 3. The second kappa shape index (κ2) is 10.7. The monoisotopic (exact) mass is 453 g/mol. The highest BCUT2D eigenvalue weighted by Gasteiger charge is 2.45. The van der Waals surface area contributed by atoms with Crippen LogP contribution in [0.1, 0.15) is 42.9 Å². The maximum atomic E-state index is 13.0. The highest BCUT2D eigenvalue weighted by Crippen LogP contribution is 2.40. The summed E-state index contributed by atoms with van der Waals surface area (Å²) in [6.07, 6.45) is 1.69. The Labute approximate surface area is 192 Å². The number of ketones is 1. The van der Waals surface area contributed by atoms with Crippen LogP contribution in [0.2, 0.25) is 0 Å². The summed E-state index contributed by atoms with van der Waals surface area (Å²) in [4.78, 5) is 38.1. The summed E-state index contributed by atoms with van der Waals surface area (Å²) in [6, 6.07) is 13.1. The summed E-state index contributed by atoms with van der Waals surface area (Å²) in [7, 11) is 2.96. The Morgan fingerprint density at radius 1 is 0.939 bits per heavy atom. The molecular weight excluding hydrogens is 426 g/mol. The molecule has 1 saturated heterocycles. The number of nitrogens with zero attached hydrogens (tertiary/aromatic N) is 1. The number of likely N-dealkylation sites (tertiary alicyclic amines) is 1. The van der Waals surface area contributed by atoms with Crippen LogP contribution in [0.25, 0.3) is 5.76 Å². The molecule has 3 rings (SSSR count). The molecule has 0 radical (unpaired) electrons. The van der Waals surface area contributed by atoms with Crippen LogP contribution in [0.15, 0.2) is 54.1 Å². The van der Waals surface area contributed by atoms with Gasteiger partial charge in [0.25, 0.3) is 11.7 Å². The van der Waals surface area contributed by atoms with E-state index in [1.807, 2.05) is 6.07 Å². The van der Waals surface area contributed by atoms with Crippen LogP contribution >= 0.6 is 0 Å². The van der Waals surface area contributed by atoms with E-state index in [9.17, 15) is 19.5 Å². The van der Waals surface area contributed by atoms with Crippen LogP contribution in [0, 0.1) is 0 Å². The van der Waals surface area contributed by atoms with Gasteiger partial charge in [-0.25, -0.2) is 0 Å². The third kappa shape index (κ3) is 5.16. The normalized spacial score (nSPS) is 17.3. The third-order valence-corrected chi connectivity index (χ3v) is 5.60. The average Bonchev–Trinajstić information content (AvgIpc) is 3.08. The van der Waals surface area contributed by atoms with Crippen molar-refractivity contribution >= 4 is 23.4 Å². The molecule has 0 unspecified atom stereocenters. The van der Waals surface area contributed by atoms with Crippen molar-refractivity contribution in [3.05, 3.63) is 65.2 Å². The predicted octanol–water partition coefficient (Wildman–Crippen LogP) is 3.77. The average molecular weight is 453 g/mol. The van der Waals surface area contributed by atoms with Crippen molar-refractivity contribution < 1.29 is 34.1 Å². The van der Waals surface area contributed by atoms with Crippen molar-refractivity contribution in [1.29, 1.82) is 0 Å². The molecule has 8 heteroatoms. The highest BCUT2D eigenvalue weighted by molar-refractivity contribution is 6.46. The molecule has 1 fully saturated rings. The molecule has 2 N–H and O–H groups in total. The number of unbranched alkanes of at least 4 members (excludes halogenated alkanes) is 2. The molecule has 1 atom stereocenters. The summed E-state index contributed by atoms with van der Waals surface area (Å²) < 4.78 is 10.5. The van der Waals surface area contributed by atoms with Gasteiger partial charge >= 0.3 is 5.97 Å². The fourth-order valence-electron chi connectivity index (χ4n) is 3.97. The number of benzene rings is 2. The number of methoxy groups -OCH3 is 2. The number of rotatable bonds is 10. The Hall–Kier alpha value is -3.81. The van der Waals surface area contributed by atoms with Crippen LogP contribution in [0.5, 0.6) is 11.5 Å². The van der Waals surface area contributed by atoms with E-state index in [0.717, 1.165) is 0 Å². The first-order chi connectivity index (χ1) is 15.9. The van der Waals surface area contributed by atoms with E-state index in [2.05, 4.69) is 0 Å². The fraction of sp³-hybridized carbons (Fsp3) is 0.320. The number of carboxylic acids is 1. The number of aliphatic hydroxyl groups is 1. The summed E-state index contributed by atoms with van der Waals surface area (Å²) in [5.41, 5.74) is 1.03. The molecule has 0 spiro atoms. The number of hydrogen-bond acceptors (Lipinski definition) is 6. The first-order valence-electron chi connectivity index (χ1n) is 10.7. The van der Waals surface area contributed by atoms with Crippen molar-refractivity contribution in [2.75, 3.05) is 20.8 Å². The van der Waals surface area contributed by atoms with Crippen LogP contribution in [0.4, 0.5) is 0 Å². The van der Waals surface area contributed by atoms with Gasteiger partial charge in [0.05, 0.1) is 25.8 Å². The zero-order valence-corrected chi connectivity index (χ0v) is 18.6. The van der Waals surface area contributed by atoms with E-state index in [0.29, 0.717) is 41.9 Å². The topological polar surface area (TPSA) is 113 Å². The Morgan fingerprint density at radius 2 is 1.64 bits per heavy atom. The molecule has 0 aromatic heterocycles. The minimum absolute atomic E-state index is 0.00366. The molecule has 1 heterocycles. The molecule has 1 aliphatic rings. The van der Waals surface area contributed by atoms with Gasteiger partial charge in [-0.3, -0.25) is 14.4 Å². The second-order valence-electron chi connectivity index (χ2n) is 7.68. The summed E-state index contributed by atoms with van der Waals surface area (Å²) in [5, 5.41) is 19.9. The molecular formula is C25H27NO7. The molecule has 8 nitrogen and oxygen atoms in total. The fourth-order valence-corrected chi connectivity index (χ4v) is 3.97. The first kappa shape index (κ1) is 23.8. The van der Waals surface area contributed by atoms with E-state index < -0.39 is 23.7 Å². The molecule has 0 saturated carbocycles. The zero-order chi connectivity index (χ0) is 24.0. The molecule has 2 aromatic carbocycles. The third-order valence-electron chi connectivity index (χ3n) is 5.60. The second-order valence-corrected chi connectivity index (χ2v) is 7.68. The molecule has 1 aliphatic heterocycles. The smallest absolute Gasteiger partial charge is 0.303 e. The Morgan fingerprint density at radius 3 is 2.27 bits per heavy atom. The van der Waals surface area contributed by atoms with E-state index in [1.54, 1.807) is 42.5 Å². The van der Waals surface area contributed by atoms with E-state index >= 15 is 0 Å². The molecule has 2 aromatic rings. The first-order valence-corrected chi connectivity index (χ1v) is 10.7. The number of Topliss-reactive ketones (excluding diaryl/α,β-unsaturated/α-hetero) is 1. The van der Waals surface area contributed by atoms with Crippen molar-refractivity contribution in [2.45, 2.75) is 31.7 Å². The number of amides is 1. The lowest BCUT2D eigenvalue weighted by molar-refractivity contribution is -0.140. The van der Waals surface area contributed by atoms with Gasteiger partial charge in [0.1, 0.15) is 5.76 Å². The minimum atomic E-state index is -0.866. The highest BCUT2D eigenvalue weighted by atomic mass is 16.5. The van der Waals surface area contributed by atoms with E-state index in [-0.39, 0.29) is 24.3 Å². The van der Waals surface area contributed by atoms with Crippen LogP contribution < -0.4 is 9.47 Å². The van der Waals surface area contributed by atoms with Gasteiger partial charge in [-0.15, -0.1) is 0 Å². The van der Waals surface area contributed by atoms with E-state index in [4.69, 9.17) is 14.6 Å². The van der Waals surface area contributed by atoms with Gasteiger partial charge in [0.15, 0.2) is 11.5 Å². The predicted molar refractivity (Wildman–Crippen MR) is 121 cm³/mol. The number of ether oxygens (including phenoxy) is 2. The van der Waals surface area contributed by atoms with Crippen LogP contribution in [-0.2, 0) is 14.4 Å². The van der Waals surface area contributed by atoms with E-state index in [1.165, 1.54) is 19.1 Å². The van der Waals surface area contributed by atoms with Crippen molar-refractivity contribution in [1.82, 2.24) is 4.90 Å². The lowest BCUT2D eigenvalue weighted by Crippen LogP contribution is -2.30. The van der Waals surface area contributed by atoms with Crippen molar-refractivity contribution in [3.63, 3.8) is 0 Å². The Balaban J connectivity index is 1.99. The lowest BCUT2D eigenvalue weighted by atomic mass is 9.95. The summed E-state index contributed by atoms with van der Waals surface area (Å²) in [6.45, 7) is 0.270. The van der Waals surface area contributed by atoms with Gasteiger partial charge < -0.3 is 24.6 Å². The maximum Gasteiger partial charge on any atom is 0.303 e. The molecule has 1 amide bonds. The largest absolute Gasteiger partial charge is 0.507 e. The zero-order valence-electron chi connectivity index (χ0n) is 18.6.